The van der Waals surface area contributed by atoms with Crippen molar-refractivity contribution in [2.45, 2.75) is 19.3 Å². The quantitative estimate of drug-likeness (QED) is 0.163. The molecule has 0 fully saturated rings. The Morgan fingerprint density at radius 3 is 1.70 bits per heavy atom. The Morgan fingerprint density at radius 1 is 0.761 bits per heavy atom. The van der Waals surface area contributed by atoms with Crippen LogP contribution in [0.4, 0.5) is 26.3 Å². The monoisotopic (exact) mass is 650 g/mol. The maximum atomic E-state index is 13.5. The number of carbonyl (C=O) groups excluding carboxylic acids is 1. The number of hydrogen-bond acceptors (Lipinski definition) is 9. The molecule has 19 heteroatoms. The van der Waals surface area contributed by atoms with E-state index in [1.807, 2.05) is 0 Å². The molecule has 3 aromatic heterocycles. The summed E-state index contributed by atoms with van der Waals surface area (Å²) in [5.41, 5.74) is -5.76. The molecule has 5 rings (SSSR count). The molecule has 0 spiro atoms. The highest BCUT2D eigenvalue weighted by Crippen LogP contribution is 2.36. The Kier molecular flexibility index (Phi) is 7.85. The van der Waals surface area contributed by atoms with Crippen molar-refractivity contribution in [1.82, 2.24) is 30.0 Å². The molecule has 46 heavy (non-hydrogen) atoms. The van der Waals surface area contributed by atoms with Gasteiger partial charge in [-0.1, -0.05) is 10.4 Å². The van der Waals surface area contributed by atoms with Crippen molar-refractivity contribution in [2.75, 3.05) is 6.61 Å². The number of esters is 1. The summed E-state index contributed by atoms with van der Waals surface area (Å²) < 4.78 is 93.6. The van der Waals surface area contributed by atoms with E-state index in [4.69, 9.17) is 19.4 Å². The first-order chi connectivity index (χ1) is 21.6. The standard InChI is InChI=1S/C27H16F6N6O7/c1-2-45-25(44)16-9-21(19-10-38(36-34-19)12-3-5-14(23(40)41)17(7-12)26(28,29)30)46-22(16)20-11-39(37-35-20)13-4-6-15(24(42)43)18(8-13)27(31,32)33/h3-11H,2H2,1H3,(H,40,41)(H,42,43). The molecule has 0 saturated carbocycles. The molecule has 0 aliphatic heterocycles. The molecule has 0 aliphatic rings. The molecule has 13 nitrogen and oxygen atoms in total. The van der Waals surface area contributed by atoms with E-state index in [2.05, 4.69) is 20.6 Å². The summed E-state index contributed by atoms with van der Waals surface area (Å²) in [5, 5.41) is 33.5. The lowest BCUT2D eigenvalue weighted by Crippen LogP contribution is -2.14. The first kappa shape index (κ1) is 31.4. The third-order valence-electron chi connectivity index (χ3n) is 6.31. The number of benzene rings is 2. The minimum atomic E-state index is -5.01. The molecule has 238 valence electrons. The molecule has 0 radical (unpaired) electrons. The van der Waals surface area contributed by atoms with Crippen molar-refractivity contribution in [3.8, 4) is 34.3 Å². The molecule has 3 heterocycles. The van der Waals surface area contributed by atoms with Gasteiger partial charge < -0.3 is 19.4 Å². The van der Waals surface area contributed by atoms with Gasteiger partial charge in [0.15, 0.2) is 11.5 Å². The number of nitrogens with zero attached hydrogens (tertiary/aromatic N) is 6. The predicted octanol–water partition coefficient (Wildman–Crippen LogP) is 5.39. The Balaban J connectivity index is 1.54. The number of furan rings is 1. The van der Waals surface area contributed by atoms with Crippen LogP contribution in [0.2, 0.25) is 0 Å². The second kappa shape index (κ2) is 11.5. The van der Waals surface area contributed by atoms with E-state index in [0.29, 0.717) is 12.1 Å². The number of ether oxygens (including phenoxy) is 1. The van der Waals surface area contributed by atoms with Crippen LogP contribution >= 0.6 is 0 Å². The van der Waals surface area contributed by atoms with Crippen molar-refractivity contribution >= 4 is 17.9 Å². The fourth-order valence-electron chi connectivity index (χ4n) is 4.26. The summed E-state index contributed by atoms with van der Waals surface area (Å²) in [4.78, 5) is 35.3. The normalized spacial score (nSPS) is 11.9. The number of carboxylic acids is 2. The van der Waals surface area contributed by atoms with Gasteiger partial charge in [0.1, 0.15) is 17.0 Å². The van der Waals surface area contributed by atoms with Gasteiger partial charge in [0.25, 0.3) is 0 Å². The topological polar surface area (TPSA) is 175 Å². The van der Waals surface area contributed by atoms with E-state index in [1.54, 1.807) is 0 Å². The number of alkyl halides is 6. The van der Waals surface area contributed by atoms with Crippen LogP contribution in [0.5, 0.6) is 0 Å². The number of aromatic carboxylic acids is 2. The van der Waals surface area contributed by atoms with E-state index in [9.17, 15) is 40.7 Å². The average Bonchev–Trinajstić information content (AvgIpc) is 3.75. The Morgan fingerprint density at radius 2 is 1.24 bits per heavy atom. The van der Waals surface area contributed by atoms with Gasteiger partial charge in [-0.3, -0.25) is 0 Å². The van der Waals surface area contributed by atoms with Crippen LogP contribution in [0, 0.1) is 0 Å². The van der Waals surface area contributed by atoms with Crippen LogP contribution in [0.15, 0.2) is 59.3 Å². The zero-order chi connectivity index (χ0) is 33.6. The average molecular weight is 650 g/mol. The van der Waals surface area contributed by atoms with Gasteiger partial charge in [-0.25, -0.2) is 23.7 Å². The fourth-order valence-corrected chi connectivity index (χ4v) is 4.26. The highest BCUT2D eigenvalue weighted by Gasteiger charge is 2.37. The van der Waals surface area contributed by atoms with Crippen molar-refractivity contribution in [2.24, 2.45) is 0 Å². The molecule has 0 saturated heterocycles. The Hall–Kier alpha value is -6.01. The van der Waals surface area contributed by atoms with Crippen molar-refractivity contribution < 1.29 is 60.1 Å². The molecule has 0 amide bonds. The number of aromatic nitrogens is 6. The van der Waals surface area contributed by atoms with Gasteiger partial charge in [-0.05, 0) is 43.3 Å². The molecule has 0 atom stereocenters. The second-order valence-electron chi connectivity index (χ2n) is 9.24. The van der Waals surface area contributed by atoms with Gasteiger partial charge in [0.05, 0.1) is 52.6 Å². The second-order valence-corrected chi connectivity index (χ2v) is 9.24. The third-order valence-corrected chi connectivity index (χ3v) is 6.31. The van der Waals surface area contributed by atoms with E-state index in [0.717, 1.165) is 46.0 Å². The lowest BCUT2D eigenvalue weighted by Gasteiger charge is -2.11. The summed E-state index contributed by atoms with van der Waals surface area (Å²) in [5.74, 6) is -4.91. The maximum Gasteiger partial charge on any atom is 0.417 e. The zero-order valence-electron chi connectivity index (χ0n) is 22.8. The van der Waals surface area contributed by atoms with E-state index in [-0.39, 0.29) is 46.5 Å². The van der Waals surface area contributed by atoms with Crippen molar-refractivity contribution in [1.29, 1.82) is 0 Å². The number of hydrogen-bond donors (Lipinski definition) is 2. The van der Waals surface area contributed by atoms with Crippen molar-refractivity contribution in [3.05, 3.63) is 82.7 Å². The largest absolute Gasteiger partial charge is 0.478 e. The molecule has 0 bridgehead atoms. The zero-order valence-corrected chi connectivity index (χ0v) is 22.8. The summed E-state index contributed by atoms with van der Waals surface area (Å²) >= 11 is 0. The lowest BCUT2D eigenvalue weighted by molar-refractivity contribution is -0.138. The SMILES string of the molecule is CCOC(=O)c1cc(-c2cn(-c3ccc(C(=O)O)c(C(F)(F)F)c3)nn2)oc1-c1cn(-c2ccc(C(=O)O)c(C(F)(F)F)c2)nn1. The molecule has 0 aliphatic carbocycles. The fraction of sp³-hybridized carbons (Fsp3) is 0.148. The van der Waals surface area contributed by atoms with Crippen LogP contribution < -0.4 is 0 Å². The number of halogens is 6. The molecule has 2 N–H and O–H groups in total. The summed E-state index contributed by atoms with van der Waals surface area (Å²) in [6.45, 7) is 1.45. The van der Waals surface area contributed by atoms with Crippen LogP contribution in [0.1, 0.15) is 49.1 Å². The predicted molar refractivity (Wildman–Crippen MR) is 139 cm³/mol. The minimum Gasteiger partial charge on any atom is -0.478 e. The summed E-state index contributed by atoms with van der Waals surface area (Å²) in [6, 6.07) is 5.90. The Labute approximate surface area is 251 Å². The lowest BCUT2D eigenvalue weighted by atomic mass is 10.1. The molecular weight excluding hydrogens is 634 g/mol. The van der Waals surface area contributed by atoms with Crippen LogP contribution in [0.25, 0.3) is 34.3 Å². The molecular formula is C27H16F6N6O7. The van der Waals surface area contributed by atoms with Gasteiger partial charge in [-0.2, -0.15) is 26.3 Å². The number of carbonyl (C=O) groups is 3. The van der Waals surface area contributed by atoms with Crippen LogP contribution in [0.3, 0.4) is 0 Å². The molecule has 2 aromatic carbocycles. The molecule has 5 aromatic rings. The van der Waals surface area contributed by atoms with Crippen LogP contribution in [-0.4, -0.2) is 64.7 Å². The number of rotatable bonds is 8. The smallest absolute Gasteiger partial charge is 0.417 e. The van der Waals surface area contributed by atoms with Gasteiger partial charge in [0.2, 0.25) is 0 Å². The van der Waals surface area contributed by atoms with Crippen LogP contribution in [-0.2, 0) is 17.1 Å². The van der Waals surface area contributed by atoms with E-state index >= 15 is 0 Å². The Bertz CT molecular complexity index is 1990. The van der Waals surface area contributed by atoms with Gasteiger partial charge in [-0.15, -0.1) is 10.2 Å². The highest BCUT2D eigenvalue weighted by molar-refractivity contribution is 5.96. The first-order valence-electron chi connectivity index (χ1n) is 12.6. The molecule has 0 unspecified atom stereocenters. The minimum absolute atomic E-state index is 0.0638. The third kappa shape index (κ3) is 6.01. The van der Waals surface area contributed by atoms with E-state index < -0.39 is 52.5 Å². The highest BCUT2D eigenvalue weighted by atomic mass is 19.4. The summed E-state index contributed by atoms with van der Waals surface area (Å²) in [6.07, 6.45) is -7.78. The van der Waals surface area contributed by atoms with Gasteiger partial charge >= 0.3 is 30.3 Å². The van der Waals surface area contributed by atoms with Gasteiger partial charge in [0, 0.05) is 6.07 Å². The maximum absolute atomic E-state index is 13.5. The first-order valence-corrected chi connectivity index (χ1v) is 12.6. The van der Waals surface area contributed by atoms with Crippen molar-refractivity contribution in [3.63, 3.8) is 0 Å². The summed E-state index contributed by atoms with van der Waals surface area (Å²) in [7, 11) is 0. The number of carboxylic acid groups (broad SMARTS) is 2. The van der Waals surface area contributed by atoms with E-state index in [1.165, 1.54) is 13.0 Å².